The van der Waals surface area contributed by atoms with Gasteiger partial charge in [0, 0.05) is 5.41 Å². The highest BCUT2D eigenvalue weighted by Crippen LogP contribution is 2.23. The molecule has 4 N–H and O–H groups in total. The molecular weight excluding hydrogens is 288 g/mol. The maximum absolute atomic E-state index is 12.1. The van der Waals surface area contributed by atoms with Gasteiger partial charge in [0.05, 0.1) is 6.54 Å². The molecule has 22 heavy (non-hydrogen) atoms. The van der Waals surface area contributed by atoms with Crippen molar-refractivity contribution in [2.45, 2.75) is 20.3 Å². The maximum atomic E-state index is 12.1. The number of phenols is 1. The van der Waals surface area contributed by atoms with E-state index < -0.39 is 23.8 Å². The molecule has 1 aromatic carbocycles. The second-order valence-electron chi connectivity index (χ2n) is 5.58. The molecule has 0 aliphatic carbocycles. The third kappa shape index (κ3) is 5.82. The van der Waals surface area contributed by atoms with Crippen molar-refractivity contribution in [3.05, 3.63) is 29.8 Å². The number of hydrogen-bond donors (Lipinski definition) is 4. The van der Waals surface area contributed by atoms with E-state index in [1.54, 1.807) is 38.1 Å². The first-order valence-corrected chi connectivity index (χ1v) is 6.75. The van der Waals surface area contributed by atoms with Crippen LogP contribution in [-0.4, -0.2) is 41.1 Å². The summed E-state index contributed by atoms with van der Waals surface area (Å²) in [4.78, 5) is 33.8. The van der Waals surface area contributed by atoms with Crippen molar-refractivity contribution in [2.75, 3.05) is 13.1 Å². The third-order valence-electron chi connectivity index (χ3n) is 3.04. The van der Waals surface area contributed by atoms with Crippen LogP contribution in [0.1, 0.15) is 19.4 Å². The molecule has 0 spiro atoms. The van der Waals surface area contributed by atoms with E-state index in [2.05, 4.69) is 10.6 Å². The SMILES string of the molecule is CC(C)(Cc1ccc(O)cc1)C(=O)NCC(=O)NCC(=O)O. The lowest BCUT2D eigenvalue weighted by Crippen LogP contribution is -2.44. The molecule has 0 aliphatic heterocycles. The van der Waals surface area contributed by atoms with Gasteiger partial charge in [0.2, 0.25) is 11.8 Å². The zero-order valence-electron chi connectivity index (χ0n) is 12.5. The van der Waals surface area contributed by atoms with Gasteiger partial charge in [0.1, 0.15) is 12.3 Å². The number of phenolic OH excluding ortho intramolecular Hbond substituents is 1. The Balaban J connectivity index is 2.50. The highest BCUT2D eigenvalue weighted by molar-refractivity contribution is 5.88. The van der Waals surface area contributed by atoms with Crippen LogP contribution in [0, 0.1) is 5.41 Å². The molecule has 0 unspecified atom stereocenters. The molecule has 7 heteroatoms. The van der Waals surface area contributed by atoms with Gasteiger partial charge in [-0.3, -0.25) is 14.4 Å². The van der Waals surface area contributed by atoms with Gasteiger partial charge in [-0.05, 0) is 24.1 Å². The third-order valence-corrected chi connectivity index (χ3v) is 3.04. The molecule has 0 fully saturated rings. The normalized spacial score (nSPS) is 10.8. The van der Waals surface area contributed by atoms with Gasteiger partial charge in [-0.2, -0.15) is 0 Å². The van der Waals surface area contributed by atoms with Crippen LogP contribution in [0.5, 0.6) is 5.75 Å². The summed E-state index contributed by atoms with van der Waals surface area (Å²) in [6.07, 6.45) is 0.440. The Hall–Kier alpha value is -2.57. The Morgan fingerprint density at radius 2 is 1.64 bits per heavy atom. The van der Waals surface area contributed by atoms with Gasteiger partial charge in [-0.15, -0.1) is 0 Å². The van der Waals surface area contributed by atoms with E-state index in [9.17, 15) is 19.5 Å². The van der Waals surface area contributed by atoms with E-state index in [1.165, 1.54) is 0 Å². The van der Waals surface area contributed by atoms with Crippen molar-refractivity contribution in [1.82, 2.24) is 10.6 Å². The minimum Gasteiger partial charge on any atom is -0.508 e. The second kappa shape index (κ2) is 7.44. The van der Waals surface area contributed by atoms with Gasteiger partial charge >= 0.3 is 5.97 Å². The summed E-state index contributed by atoms with van der Waals surface area (Å²) in [5.74, 6) is -1.87. The van der Waals surface area contributed by atoms with E-state index in [-0.39, 0.29) is 18.2 Å². The average Bonchev–Trinajstić information content (AvgIpc) is 2.44. The lowest BCUT2D eigenvalue weighted by Gasteiger charge is -2.23. The lowest BCUT2D eigenvalue weighted by molar-refractivity contribution is -0.138. The Morgan fingerprint density at radius 3 is 2.18 bits per heavy atom. The standard InChI is InChI=1S/C15H20N2O5/c1-15(2,7-10-3-5-11(18)6-4-10)14(22)17-8-12(19)16-9-13(20)21/h3-6,18H,7-9H2,1-2H3,(H,16,19)(H,17,22)(H,20,21). The van der Waals surface area contributed by atoms with Crippen molar-refractivity contribution < 1.29 is 24.6 Å². The molecule has 0 radical (unpaired) electrons. The molecule has 0 heterocycles. The van der Waals surface area contributed by atoms with E-state index in [0.717, 1.165) is 5.56 Å². The molecule has 2 amide bonds. The Labute approximate surface area is 128 Å². The quantitative estimate of drug-likeness (QED) is 0.577. The molecule has 0 aliphatic rings. The molecule has 0 aromatic heterocycles. The smallest absolute Gasteiger partial charge is 0.322 e. The largest absolute Gasteiger partial charge is 0.508 e. The van der Waals surface area contributed by atoms with Crippen LogP contribution >= 0.6 is 0 Å². The van der Waals surface area contributed by atoms with E-state index >= 15 is 0 Å². The van der Waals surface area contributed by atoms with Crippen molar-refractivity contribution in [3.8, 4) is 5.75 Å². The predicted molar refractivity (Wildman–Crippen MR) is 79.2 cm³/mol. The zero-order valence-corrected chi connectivity index (χ0v) is 12.5. The van der Waals surface area contributed by atoms with Crippen molar-refractivity contribution >= 4 is 17.8 Å². The molecule has 1 rings (SSSR count). The number of carboxylic acid groups (broad SMARTS) is 1. The van der Waals surface area contributed by atoms with Crippen molar-refractivity contribution in [3.63, 3.8) is 0 Å². The maximum Gasteiger partial charge on any atom is 0.322 e. The minimum atomic E-state index is -1.15. The summed E-state index contributed by atoms with van der Waals surface area (Å²) in [5.41, 5.74) is 0.137. The van der Waals surface area contributed by atoms with Crippen LogP contribution in [-0.2, 0) is 20.8 Å². The number of rotatable bonds is 7. The first kappa shape index (κ1) is 17.5. The van der Waals surface area contributed by atoms with E-state index in [1.807, 2.05) is 0 Å². The van der Waals surface area contributed by atoms with Crippen molar-refractivity contribution in [2.24, 2.45) is 5.41 Å². The number of nitrogens with one attached hydrogen (secondary N) is 2. The number of benzene rings is 1. The highest BCUT2D eigenvalue weighted by atomic mass is 16.4. The molecule has 0 atom stereocenters. The van der Waals surface area contributed by atoms with Crippen LogP contribution in [0.2, 0.25) is 0 Å². The van der Waals surface area contributed by atoms with Gasteiger partial charge in [-0.25, -0.2) is 0 Å². The summed E-state index contributed by atoms with van der Waals surface area (Å²) in [5, 5.41) is 22.3. The molecule has 1 aromatic rings. The van der Waals surface area contributed by atoms with Gasteiger partial charge in [-0.1, -0.05) is 26.0 Å². The molecule has 7 nitrogen and oxygen atoms in total. The Kier molecular flexibility index (Phi) is 5.91. The zero-order chi connectivity index (χ0) is 16.8. The topological polar surface area (TPSA) is 116 Å². The summed E-state index contributed by atoms with van der Waals surface area (Å²) < 4.78 is 0. The molecule has 0 saturated carbocycles. The van der Waals surface area contributed by atoms with Crippen LogP contribution in [0.15, 0.2) is 24.3 Å². The fourth-order valence-electron chi connectivity index (χ4n) is 1.84. The predicted octanol–water partition coefficient (Wildman–Crippen LogP) is 0.278. The highest BCUT2D eigenvalue weighted by Gasteiger charge is 2.28. The Morgan fingerprint density at radius 1 is 1.05 bits per heavy atom. The number of amides is 2. The summed E-state index contributed by atoms with van der Waals surface area (Å²) in [6, 6.07) is 6.54. The molecule has 0 bridgehead atoms. The van der Waals surface area contributed by atoms with Crippen LogP contribution in [0.4, 0.5) is 0 Å². The number of hydrogen-bond acceptors (Lipinski definition) is 4. The number of carbonyl (C=O) groups is 3. The first-order valence-electron chi connectivity index (χ1n) is 6.75. The fourth-order valence-corrected chi connectivity index (χ4v) is 1.84. The summed E-state index contributed by atoms with van der Waals surface area (Å²) in [7, 11) is 0. The summed E-state index contributed by atoms with van der Waals surface area (Å²) >= 11 is 0. The van der Waals surface area contributed by atoms with E-state index in [0.29, 0.717) is 6.42 Å². The number of aliphatic carboxylic acids is 1. The van der Waals surface area contributed by atoms with E-state index in [4.69, 9.17) is 5.11 Å². The van der Waals surface area contributed by atoms with Crippen LogP contribution in [0.25, 0.3) is 0 Å². The summed E-state index contributed by atoms with van der Waals surface area (Å²) in [6.45, 7) is 2.73. The minimum absolute atomic E-state index is 0.154. The second-order valence-corrected chi connectivity index (χ2v) is 5.58. The monoisotopic (exact) mass is 308 g/mol. The van der Waals surface area contributed by atoms with Gasteiger partial charge in [0.25, 0.3) is 0 Å². The lowest BCUT2D eigenvalue weighted by atomic mass is 9.85. The molecular formula is C15H20N2O5. The van der Waals surface area contributed by atoms with Crippen LogP contribution in [0.3, 0.4) is 0 Å². The number of carbonyl (C=O) groups excluding carboxylic acids is 2. The average molecular weight is 308 g/mol. The molecule has 120 valence electrons. The Bertz CT molecular complexity index is 552. The number of aromatic hydroxyl groups is 1. The number of carboxylic acids is 1. The van der Waals surface area contributed by atoms with Gasteiger partial charge < -0.3 is 20.8 Å². The van der Waals surface area contributed by atoms with Crippen molar-refractivity contribution in [1.29, 1.82) is 0 Å². The fraction of sp³-hybridized carbons (Fsp3) is 0.400. The van der Waals surface area contributed by atoms with Crippen LogP contribution < -0.4 is 10.6 Å². The molecule has 0 saturated heterocycles. The first-order chi connectivity index (χ1) is 10.2. The van der Waals surface area contributed by atoms with Gasteiger partial charge in [0.15, 0.2) is 0 Å².